The number of carbonyl (C=O) groups excluding carboxylic acids is 1. The number of amidine groups is 1. The van der Waals surface area contributed by atoms with E-state index in [0.717, 1.165) is 41.4 Å². The molecule has 3 aromatic rings. The summed E-state index contributed by atoms with van der Waals surface area (Å²) in [5.74, 6) is 0.982. The first-order valence-corrected chi connectivity index (χ1v) is 12.3. The van der Waals surface area contributed by atoms with Crippen LogP contribution in [0.15, 0.2) is 36.7 Å². The topological polar surface area (TPSA) is 141 Å². The SMILES string of the molecule is CN/C=C\C(=N)Nc1nnc([C@H]2CC[C@@H](Cc3nnc(NC(=O)Cc4ccccn4)s3)C2)s1. The monoisotopic (exact) mass is 483 g/mol. The first kappa shape index (κ1) is 22.9. The second-order valence-corrected chi connectivity index (χ2v) is 9.80. The zero-order valence-corrected chi connectivity index (χ0v) is 19.7. The number of amides is 1. The van der Waals surface area contributed by atoms with E-state index in [2.05, 4.69) is 41.3 Å². The van der Waals surface area contributed by atoms with Crippen molar-refractivity contribution in [1.29, 1.82) is 5.41 Å². The van der Waals surface area contributed by atoms with Gasteiger partial charge in [0.05, 0.1) is 6.42 Å². The van der Waals surface area contributed by atoms with Crippen molar-refractivity contribution in [3.63, 3.8) is 0 Å². The fraction of sp³-hybridized carbons (Fsp3) is 0.381. The van der Waals surface area contributed by atoms with Gasteiger partial charge < -0.3 is 16.0 Å². The van der Waals surface area contributed by atoms with Gasteiger partial charge in [0, 0.05) is 31.3 Å². The Kier molecular flexibility index (Phi) is 7.68. The van der Waals surface area contributed by atoms with Crippen LogP contribution in [0.3, 0.4) is 0 Å². The molecule has 12 heteroatoms. The highest BCUT2D eigenvalue weighted by molar-refractivity contribution is 7.15. The van der Waals surface area contributed by atoms with Crippen LogP contribution in [0.25, 0.3) is 0 Å². The van der Waals surface area contributed by atoms with Crippen LogP contribution in [0.2, 0.25) is 0 Å². The molecule has 33 heavy (non-hydrogen) atoms. The predicted molar refractivity (Wildman–Crippen MR) is 130 cm³/mol. The van der Waals surface area contributed by atoms with Gasteiger partial charge in [0.1, 0.15) is 15.9 Å². The minimum Gasteiger partial charge on any atom is -0.394 e. The Morgan fingerprint density at radius 2 is 2.00 bits per heavy atom. The summed E-state index contributed by atoms with van der Waals surface area (Å²) in [6.07, 6.45) is 9.21. The summed E-state index contributed by atoms with van der Waals surface area (Å²) in [7, 11) is 1.78. The van der Waals surface area contributed by atoms with Crippen LogP contribution in [0.4, 0.5) is 10.3 Å². The fourth-order valence-electron chi connectivity index (χ4n) is 3.72. The largest absolute Gasteiger partial charge is 0.394 e. The molecule has 0 radical (unpaired) electrons. The quantitative estimate of drug-likeness (QED) is 0.268. The molecular weight excluding hydrogens is 458 g/mol. The van der Waals surface area contributed by atoms with E-state index in [1.54, 1.807) is 25.5 Å². The van der Waals surface area contributed by atoms with E-state index < -0.39 is 0 Å². The Hall–Kier alpha value is -3.25. The Morgan fingerprint density at radius 1 is 1.15 bits per heavy atom. The summed E-state index contributed by atoms with van der Waals surface area (Å²) in [6.45, 7) is 0. The van der Waals surface area contributed by atoms with Crippen LogP contribution in [-0.2, 0) is 17.6 Å². The molecule has 10 nitrogen and oxygen atoms in total. The maximum Gasteiger partial charge on any atom is 0.232 e. The number of pyridine rings is 1. The predicted octanol–water partition coefficient (Wildman–Crippen LogP) is 3.21. The van der Waals surface area contributed by atoms with Crippen LogP contribution < -0.4 is 16.0 Å². The van der Waals surface area contributed by atoms with E-state index in [9.17, 15) is 4.79 Å². The van der Waals surface area contributed by atoms with Crippen LogP contribution in [0.5, 0.6) is 0 Å². The molecule has 4 rings (SSSR count). The zero-order chi connectivity index (χ0) is 23.0. The number of nitrogens with zero attached hydrogens (tertiary/aromatic N) is 5. The number of anilines is 2. The maximum atomic E-state index is 12.2. The smallest absolute Gasteiger partial charge is 0.232 e. The van der Waals surface area contributed by atoms with Crippen molar-refractivity contribution in [3.05, 3.63) is 52.4 Å². The molecule has 1 fully saturated rings. The first-order valence-electron chi connectivity index (χ1n) is 10.6. The molecule has 3 aromatic heterocycles. The highest BCUT2D eigenvalue weighted by atomic mass is 32.1. The molecule has 1 saturated carbocycles. The lowest BCUT2D eigenvalue weighted by Gasteiger charge is -2.07. The van der Waals surface area contributed by atoms with Gasteiger partial charge in [-0.05, 0) is 49.6 Å². The number of hydrogen-bond acceptors (Lipinski definition) is 10. The third-order valence-electron chi connectivity index (χ3n) is 5.23. The van der Waals surface area contributed by atoms with Gasteiger partial charge in [-0.2, -0.15) is 0 Å². The van der Waals surface area contributed by atoms with Gasteiger partial charge in [-0.15, -0.1) is 20.4 Å². The summed E-state index contributed by atoms with van der Waals surface area (Å²) in [5.41, 5.74) is 0.720. The Morgan fingerprint density at radius 3 is 2.82 bits per heavy atom. The zero-order valence-electron chi connectivity index (χ0n) is 18.1. The number of hydrogen-bond donors (Lipinski definition) is 4. The normalized spacial score (nSPS) is 17.8. The van der Waals surface area contributed by atoms with E-state index >= 15 is 0 Å². The van der Waals surface area contributed by atoms with Gasteiger partial charge in [0.25, 0.3) is 0 Å². The average Bonchev–Trinajstić information content (AvgIpc) is 3.55. The molecule has 0 aliphatic heterocycles. The van der Waals surface area contributed by atoms with Gasteiger partial charge in [0.15, 0.2) is 0 Å². The Bertz CT molecular complexity index is 1110. The molecule has 1 aliphatic carbocycles. The fourth-order valence-corrected chi connectivity index (χ4v) is 5.50. The first-order chi connectivity index (χ1) is 16.1. The molecule has 0 aromatic carbocycles. The lowest BCUT2D eigenvalue weighted by Crippen LogP contribution is -2.14. The van der Waals surface area contributed by atoms with Crippen LogP contribution in [-0.4, -0.2) is 44.2 Å². The number of nitrogens with one attached hydrogen (secondary N) is 4. The van der Waals surface area contributed by atoms with Crippen molar-refractivity contribution in [3.8, 4) is 0 Å². The molecule has 1 aliphatic rings. The maximum absolute atomic E-state index is 12.2. The second kappa shape index (κ2) is 11.1. The molecule has 1 amide bonds. The van der Waals surface area contributed by atoms with Crippen LogP contribution >= 0.6 is 22.7 Å². The van der Waals surface area contributed by atoms with E-state index in [1.807, 2.05) is 18.2 Å². The minimum absolute atomic E-state index is 0.146. The summed E-state index contributed by atoms with van der Waals surface area (Å²) < 4.78 is 0. The molecule has 0 spiro atoms. The van der Waals surface area contributed by atoms with Crippen molar-refractivity contribution in [2.45, 2.75) is 38.0 Å². The lowest BCUT2D eigenvalue weighted by atomic mass is 10.0. The van der Waals surface area contributed by atoms with Crippen molar-refractivity contribution >= 4 is 44.7 Å². The molecule has 0 unspecified atom stereocenters. The summed E-state index contributed by atoms with van der Waals surface area (Å²) in [5, 5.41) is 36.5. The number of rotatable bonds is 9. The molecule has 2 atom stereocenters. The average molecular weight is 484 g/mol. The van der Waals surface area contributed by atoms with Crippen molar-refractivity contribution in [1.82, 2.24) is 30.7 Å². The molecule has 3 heterocycles. The van der Waals surface area contributed by atoms with Gasteiger partial charge >= 0.3 is 0 Å². The van der Waals surface area contributed by atoms with Crippen molar-refractivity contribution in [2.24, 2.45) is 5.92 Å². The van der Waals surface area contributed by atoms with Gasteiger partial charge in [-0.3, -0.25) is 15.2 Å². The highest BCUT2D eigenvalue weighted by Gasteiger charge is 2.29. The Labute approximate surface area is 199 Å². The summed E-state index contributed by atoms with van der Waals surface area (Å²) >= 11 is 2.93. The molecule has 0 saturated heterocycles. The molecular formula is C21H25N9OS2. The van der Waals surface area contributed by atoms with Crippen LogP contribution in [0.1, 0.15) is 40.9 Å². The summed E-state index contributed by atoms with van der Waals surface area (Å²) in [4.78, 5) is 16.4. The van der Waals surface area contributed by atoms with E-state index in [0.29, 0.717) is 22.1 Å². The van der Waals surface area contributed by atoms with Gasteiger partial charge in [0.2, 0.25) is 16.2 Å². The van der Waals surface area contributed by atoms with Crippen LogP contribution in [0, 0.1) is 11.3 Å². The van der Waals surface area contributed by atoms with Crippen molar-refractivity contribution in [2.75, 3.05) is 17.7 Å². The van der Waals surface area contributed by atoms with E-state index in [4.69, 9.17) is 5.41 Å². The number of aromatic nitrogens is 5. The van der Waals surface area contributed by atoms with E-state index in [-0.39, 0.29) is 18.2 Å². The molecule has 172 valence electrons. The highest BCUT2D eigenvalue weighted by Crippen LogP contribution is 2.41. The van der Waals surface area contributed by atoms with Crippen molar-refractivity contribution < 1.29 is 4.79 Å². The minimum atomic E-state index is -0.146. The van der Waals surface area contributed by atoms with Gasteiger partial charge in [-0.1, -0.05) is 28.7 Å². The third-order valence-corrected chi connectivity index (χ3v) is 7.10. The summed E-state index contributed by atoms with van der Waals surface area (Å²) in [6, 6.07) is 5.51. The van der Waals surface area contributed by atoms with E-state index in [1.165, 1.54) is 22.7 Å². The van der Waals surface area contributed by atoms with Gasteiger partial charge in [-0.25, -0.2) is 0 Å². The number of carbonyl (C=O) groups is 1. The second-order valence-electron chi connectivity index (χ2n) is 7.73. The standard InChI is InChI=1S/C21H25N9OS2/c1-23-9-7-16(22)25-20-30-28-19(33-20)14-6-5-13(10-14)11-18-27-29-21(32-18)26-17(31)12-15-4-2-3-8-24-15/h2-4,7-9,13-14,23H,5-6,10-12H2,1H3,(H2,22,25,30)(H,26,29,31)/b9-7-/t13-,14+/m1/s1. The Balaban J connectivity index is 1.25. The lowest BCUT2D eigenvalue weighted by molar-refractivity contribution is -0.115. The third kappa shape index (κ3) is 6.62. The molecule has 0 bridgehead atoms. The molecule has 4 N–H and O–H groups in total.